The second kappa shape index (κ2) is 10.7. The van der Waals surface area contributed by atoms with Gasteiger partial charge in [-0.25, -0.2) is 13.2 Å². The van der Waals surface area contributed by atoms with Crippen LogP contribution in [0.4, 0.5) is 26.3 Å². The molecule has 0 atom stereocenters. The minimum Gasteiger partial charge on any atom is -0.380 e. The molecule has 0 spiro atoms. The molecule has 4 aromatic rings. The molecule has 0 aromatic heterocycles. The van der Waals surface area contributed by atoms with Crippen molar-refractivity contribution >= 4 is 10.8 Å². The summed E-state index contributed by atoms with van der Waals surface area (Å²) in [7, 11) is 1.65. The third kappa shape index (κ3) is 5.90. The van der Waals surface area contributed by atoms with Gasteiger partial charge in [0.05, 0.1) is 6.61 Å². The normalized spacial score (nSPS) is 11.9. The number of hydrogen-bond donors (Lipinski definition) is 0. The highest BCUT2D eigenvalue weighted by molar-refractivity contribution is 5.84. The molecule has 0 aliphatic rings. The summed E-state index contributed by atoms with van der Waals surface area (Å²) in [5.41, 5.74) is 1.79. The van der Waals surface area contributed by atoms with E-state index in [2.05, 4.69) is 12.1 Å². The molecule has 0 saturated carbocycles. The highest BCUT2D eigenvalue weighted by Crippen LogP contribution is 2.34. The van der Waals surface area contributed by atoms with Crippen molar-refractivity contribution in [2.75, 3.05) is 7.11 Å². The van der Waals surface area contributed by atoms with Gasteiger partial charge in [-0.15, -0.1) is 0 Å². The Balaban J connectivity index is 1.45. The van der Waals surface area contributed by atoms with Crippen LogP contribution in [0.15, 0.2) is 66.7 Å². The third-order valence-corrected chi connectivity index (χ3v) is 6.20. The molecule has 0 unspecified atom stereocenters. The van der Waals surface area contributed by atoms with Crippen LogP contribution in [0.2, 0.25) is 0 Å². The second-order valence-electron chi connectivity index (χ2n) is 8.78. The molecule has 0 heterocycles. The quantitative estimate of drug-likeness (QED) is 0.222. The van der Waals surface area contributed by atoms with E-state index in [1.54, 1.807) is 25.3 Å². The Kier molecular flexibility index (Phi) is 7.69. The van der Waals surface area contributed by atoms with E-state index in [0.717, 1.165) is 29.4 Å². The Morgan fingerprint density at radius 1 is 0.639 bits per heavy atom. The Morgan fingerprint density at radius 3 is 1.86 bits per heavy atom. The van der Waals surface area contributed by atoms with Crippen molar-refractivity contribution < 1.29 is 31.1 Å². The van der Waals surface area contributed by atoms with Crippen LogP contribution in [0.3, 0.4) is 0 Å². The number of alkyl halides is 3. The first-order valence-electron chi connectivity index (χ1n) is 11.5. The fourth-order valence-corrected chi connectivity index (χ4v) is 4.31. The van der Waals surface area contributed by atoms with Crippen molar-refractivity contribution in [3.05, 3.63) is 118 Å². The van der Waals surface area contributed by atoms with Crippen molar-refractivity contribution in [1.82, 2.24) is 0 Å². The first kappa shape index (κ1) is 25.8. The summed E-state index contributed by atoms with van der Waals surface area (Å²) in [5, 5.41) is 1.15. The monoisotopic (exact) mass is 502 g/mol. The number of halogens is 6. The number of rotatable bonds is 8. The van der Waals surface area contributed by atoms with E-state index in [0.29, 0.717) is 29.7 Å². The van der Waals surface area contributed by atoms with Gasteiger partial charge in [-0.3, -0.25) is 0 Å². The van der Waals surface area contributed by atoms with Crippen LogP contribution in [-0.2, 0) is 43.2 Å². The first-order chi connectivity index (χ1) is 17.2. The maximum atomic E-state index is 15.1. The summed E-state index contributed by atoms with van der Waals surface area (Å²) in [5.74, 6) is -3.79. The van der Waals surface area contributed by atoms with E-state index in [1.807, 2.05) is 24.3 Å². The average Bonchev–Trinajstić information content (AvgIpc) is 2.82. The lowest BCUT2D eigenvalue weighted by molar-refractivity contribution is -0.142. The van der Waals surface area contributed by atoms with Crippen LogP contribution in [0.25, 0.3) is 10.8 Å². The standard InChI is InChI=1S/C29H24F6O/c1-36-17-20-6-3-18(4-7-20)2-5-19-9-13-24-23(14-19)12-11-22(28(24)32)10-8-21-15-25(30)27(26(31)16-21)29(33,34)35/h3-4,6-7,9,11-16H,2,5,8,10,17H2,1H3. The second-order valence-corrected chi connectivity index (χ2v) is 8.78. The topological polar surface area (TPSA) is 9.23 Å². The van der Waals surface area contributed by atoms with E-state index in [4.69, 9.17) is 4.74 Å². The van der Waals surface area contributed by atoms with E-state index in [1.165, 1.54) is 5.56 Å². The zero-order valence-corrected chi connectivity index (χ0v) is 19.6. The number of benzene rings is 4. The van der Waals surface area contributed by atoms with Gasteiger partial charge in [0.15, 0.2) is 0 Å². The number of hydrogen-bond acceptors (Lipinski definition) is 1. The summed E-state index contributed by atoms with van der Waals surface area (Å²) >= 11 is 0. The largest absolute Gasteiger partial charge is 0.422 e. The molecule has 0 N–H and O–H groups in total. The zero-order valence-electron chi connectivity index (χ0n) is 19.6. The maximum Gasteiger partial charge on any atom is 0.422 e. The van der Waals surface area contributed by atoms with Crippen molar-refractivity contribution in [2.45, 2.75) is 38.5 Å². The summed E-state index contributed by atoms with van der Waals surface area (Å²) in [4.78, 5) is 0. The fraction of sp³-hybridized carbons (Fsp3) is 0.241. The SMILES string of the molecule is COCc1ccc(CCc2ccc3c(F)c(CCc4cc(F)c(C(F)(F)F)c(F)c4)ccc3c2)cc1. The van der Waals surface area contributed by atoms with Crippen molar-refractivity contribution in [3.63, 3.8) is 0 Å². The van der Waals surface area contributed by atoms with Gasteiger partial charge in [-0.1, -0.05) is 54.6 Å². The molecule has 0 aliphatic carbocycles. The predicted molar refractivity (Wildman–Crippen MR) is 127 cm³/mol. The molecule has 0 aliphatic heterocycles. The first-order valence-corrected chi connectivity index (χ1v) is 11.5. The van der Waals surface area contributed by atoms with Gasteiger partial charge < -0.3 is 4.74 Å². The Bertz CT molecular complexity index is 1340. The third-order valence-electron chi connectivity index (χ3n) is 6.20. The Labute approximate surface area is 205 Å². The van der Waals surface area contributed by atoms with Gasteiger partial charge in [-0.05, 0) is 71.0 Å². The summed E-state index contributed by atoms with van der Waals surface area (Å²) in [6.07, 6.45) is -3.42. The van der Waals surface area contributed by atoms with E-state index < -0.39 is 29.2 Å². The number of methoxy groups -OCH3 is 1. The van der Waals surface area contributed by atoms with Gasteiger partial charge >= 0.3 is 6.18 Å². The zero-order chi connectivity index (χ0) is 25.9. The fourth-order valence-electron chi connectivity index (χ4n) is 4.31. The molecule has 1 nitrogen and oxygen atoms in total. The average molecular weight is 502 g/mol. The van der Waals surface area contributed by atoms with Gasteiger partial charge in [0.1, 0.15) is 23.0 Å². The van der Waals surface area contributed by atoms with Gasteiger partial charge in [0.2, 0.25) is 0 Å². The van der Waals surface area contributed by atoms with Crippen LogP contribution < -0.4 is 0 Å². The number of ether oxygens (including phenoxy) is 1. The van der Waals surface area contributed by atoms with E-state index in [-0.39, 0.29) is 18.4 Å². The molecule has 36 heavy (non-hydrogen) atoms. The summed E-state index contributed by atoms with van der Waals surface area (Å²) < 4.78 is 86.2. The minimum absolute atomic E-state index is 0.00431. The molecule has 0 saturated heterocycles. The van der Waals surface area contributed by atoms with Crippen LogP contribution >= 0.6 is 0 Å². The molecule has 0 radical (unpaired) electrons. The van der Waals surface area contributed by atoms with Crippen LogP contribution in [0, 0.1) is 17.5 Å². The van der Waals surface area contributed by atoms with Gasteiger partial charge in [0, 0.05) is 12.5 Å². The van der Waals surface area contributed by atoms with Crippen LogP contribution in [-0.4, -0.2) is 7.11 Å². The van der Waals surface area contributed by atoms with Crippen molar-refractivity contribution in [2.24, 2.45) is 0 Å². The molecule has 4 rings (SSSR count). The Morgan fingerprint density at radius 2 is 1.22 bits per heavy atom. The molecular weight excluding hydrogens is 478 g/mol. The van der Waals surface area contributed by atoms with Crippen molar-refractivity contribution in [3.8, 4) is 0 Å². The smallest absolute Gasteiger partial charge is 0.380 e. The molecule has 188 valence electrons. The van der Waals surface area contributed by atoms with Crippen LogP contribution in [0.5, 0.6) is 0 Å². The van der Waals surface area contributed by atoms with E-state index >= 15 is 4.39 Å². The highest BCUT2D eigenvalue weighted by atomic mass is 19.4. The maximum absolute atomic E-state index is 15.1. The highest BCUT2D eigenvalue weighted by Gasteiger charge is 2.37. The molecule has 0 fully saturated rings. The van der Waals surface area contributed by atoms with E-state index in [9.17, 15) is 22.0 Å². The molecule has 7 heteroatoms. The number of fused-ring (bicyclic) bond motifs is 1. The predicted octanol–water partition coefficient (Wildman–Crippen LogP) is 7.99. The lowest BCUT2D eigenvalue weighted by Crippen LogP contribution is -2.12. The molecule has 4 aromatic carbocycles. The van der Waals surface area contributed by atoms with Gasteiger partial charge in [-0.2, -0.15) is 13.2 Å². The summed E-state index contributed by atoms with van der Waals surface area (Å²) in [6.45, 7) is 0.566. The number of aryl methyl sites for hydroxylation is 4. The van der Waals surface area contributed by atoms with Crippen molar-refractivity contribution in [1.29, 1.82) is 0 Å². The Hall–Kier alpha value is -3.32. The molecule has 0 bridgehead atoms. The molecule has 0 amide bonds. The summed E-state index contributed by atoms with van der Waals surface area (Å²) in [6, 6.07) is 18.4. The van der Waals surface area contributed by atoms with Crippen LogP contribution in [0.1, 0.15) is 33.4 Å². The van der Waals surface area contributed by atoms with Gasteiger partial charge in [0.25, 0.3) is 0 Å². The lowest BCUT2D eigenvalue weighted by atomic mass is 9.97. The molecular formula is C29H24F6O. The minimum atomic E-state index is -5.12. The lowest BCUT2D eigenvalue weighted by Gasteiger charge is -2.12.